The molecule has 2 nitrogen and oxygen atoms in total. The Kier molecular flexibility index (Phi) is 4.88. The molecule has 1 fully saturated rings. The maximum absolute atomic E-state index is 5.17. The molecule has 1 atom stereocenters. The first kappa shape index (κ1) is 10.6. The van der Waals surface area contributed by atoms with Gasteiger partial charge < -0.3 is 10.2 Å². The van der Waals surface area contributed by atoms with Gasteiger partial charge in [-0.1, -0.05) is 0 Å². The number of likely N-dealkylation sites (tertiary alicyclic amines) is 1. The number of hydrogen-bond donors (Lipinski definition) is 1. The Morgan fingerprint density at radius 1 is 1.54 bits per heavy atom. The van der Waals surface area contributed by atoms with E-state index in [1.54, 1.807) is 0 Å². The van der Waals surface area contributed by atoms with E-state index in [2.05, 4.69) is 23.2 Å². The number of hydrogen-bond acceptors (Lipinski definition) is 2. The lowest BCUT2D eigenvalue weighted by Gasteiger charge is -2.11. The number of nitrogens with one attached hydrogen (secondary N) is 1. The Labute approximate surface area is 81.7 Å². The SMILES string of the molecule is C#CCCCCNC1CCN(C)C1. The van der Waals surface area contributed by atoms with Gasteiger partial charge in [-0.2, -0.15) is 0 Å². The summed E-state index contributed by atoms with van der Waals surface area (Å²) in [5, 5.41) is 3.56. The molecule has 0 aromatic carbocycles. The summed E-state index contributed by atoms with van der Waals surface area (Å²) in [6.07, 6.45) is 9.77. The molecule has 1 aliphatic rings. The van der Waals surface area contributed by atoms with Crippen molar-refractivity contribution in [1.29, 1.82) is 0 Å². The maximum Gasteiger partial charge on any atom is 0.0207 e. The zero-order chi connectivity index (χ0) is 9.52. The van der Waals surface area contributed by atoms with Gasteiger partial charge in [-0.3, -0.25) is 0 Å². The molecule has 1 unspecified atom stereocenters. The smallest absolute Gasteiger partial charge is 0.0207 e. The Morgan fingerprint density at radius 2 is 2.38 bits per heavy atom. The van der Waals surface area contributed by atoms with Crippen molar-refractivity contribution >= 4 is 0 Å². The van der Waals surface area contributed by atoms with Crippen molar-refractivity contribution < 1.29 is 0 Å². The van der Waals surface area contributed by atoms with E-state index in [9.17, 15) is 0 Å². The summed E-state index contributed by atoms with van der Waals surface area (Å²) < 4.78 is 0. The van der Waals surface area contributed by atoms with Crippen LogP contribution >= 0.6 is 0 Å². The largest absolute Gasteiger partial charge is 0.313 e. The van der Waals surface area contributed by atoms with E-state index in [1.165, 1.54) is 25.9 Å². The zero-order valence-corrected chi connectivity index (χ0v) is 8.55. The van der Waals surface area contributed by atoms with Gasteiger partial charge in [0.1, 0.15) is 0 Å². The monoisotopic (exact) mass is 180 g/mol. The zero-order valence-electron chi connectivity index (χ0n) is 8.55. The number of terminal acetylenes is 1. The Balaban J connectivity index is 1.92. The van der Waals surface area contributed by atoms with Crippen LogP contribution in [0.1, 0.15) is 25.7 Å². The van der Waals surface area contributed by atoms with Gasteiger partial charge in [0.25, 0.3) is 0 Å². The van der Waals surface area contributed by atoms with Gasteiger partial charge in [-0.05, 0) is 39.4 Å². The van der Waals surface area contributed by atoms with Gasteiger partial charge in [-0.15, -0.1) is 12.3 Å². The van der Waals surface area contributed by atoms with Crippen LogP contribution in [0, 0.1) is 12.3 Å². The first-order valence-electron chi connectivity index (χ1n) is 5.18. The molecule has 0 radical (unpaired) electrons. The molecule has 1 saturated heterocycles. The van der Waals surface area contributed by atoms with E-state index >= 15 is 0 Å². The summed E-state index contributed by atoms with van der Waals surface area (Å²) in [5.74, 6) is 2.67. The summed E-state index contributed by atoms with van der Waals surface area (Å²) in [6.45, 7) is 3.57. The van der Waals surface area contributed by atoms with Crippen molar-refractivity contribution in [3.63, 3.8) is 0 Å². The van der Waals surface area contributed by atoms with Crippen LogP contribution in [0.25, 0.3) is 0 Å². The molecule has 1 heterocycles. The standard InChI is InChI=1S/C11H20N2/c1-3-4-5-6-8-12-11-7-9-13(2)10-11/h1,11-12H,4-10H2,2H3. The lowest BCUT2D eigenvalue weighted by molar-refractivity contribution is 0.397. The Morgan fingerprint density at radius 3 is 3.00 bits per heavy atom. The molecule has 2 heteroatoms. The Hall–Kier alpha value is -0.520. The lowest BCUT2D eigenvalue weighted by atomic mass is 10.2. The van der Waals surface area contributed by atoms with Gasteiger partial charge in [0.2, 0.25) is 0 Å². The van der Waals surface area contributed by atoms with Gasteiger partial charge in [0.15, 0.2) is 0 Å². The number of unbranched alkanes of at least 4 members (excludes halogenated alkanes) is 2. The third-order valence-corrected chi connectivity index (χ3v) is 2.57. The second-order valence-corrected chi connectivity index (χ2v) is 3.86. The molecule has 1 rings (SSSR count). The van der Waals surface area contributed by atoms with E-state index < -0.39 is 0 Å². The van der Waals surface area contributed by atoms with Crippen LogP contribution in [0.4, 0.5) is 0 Å². The average molecular weight is 180 g/mol. The molecule has 0 aliphatic carbocycles. The van der Waals surface area contributed by atoms with Crippen LogP contribution in [0.15, 0.2) is 0 Å². The lowest BCUT2D eigenvalue weighted by Crippen LogP contribution is -2.32. The van der Waals surface area contributed by atoms with E-state index in [-0.39, 0.29) is 0 Å². The van der Waals surface area contributed by atoms with Crippen molar-refractivity contribution in [2.24, 2.45) is 0 Å². The Bertz CT molecular complexity index is 171. The number of likely N-dealkylation sites (N-methyl/N-ethyl adjacent to an activating group) is 1. The van der Waals surface area contributed by atoms with Gasteiger partial charge in [0, 0.05) is 19.0 Å². The first-order valence-corrected chi connectivity index (χ1v) is 5.18. The fourth-order valence-electron chi connectivity index (χ4n) is 1.76. The molecule has 0 aromatic heterocycles. The summed E-state index contributed by atoms with van der Waals surface area (Å²) >= 11 is 0. The molecule has 1 N–H and O–H groups in total. The average Bonchev–Trinajstić information content (AvgIpc) is 2.51. The predicted octanol–water partition coefficient (Wildman–Crippen LogP) is 1.08. The molecule has 1 aliphatic heterocycles. The fourth-order valence-corrected chi connectivity index (χ4v) is 1.76. The minimum atomic E-state index is 0.718. The summed E-state index contributed by atoms with van der Waals surface area (Å²) in [4.78, 5) is 2.37. The van der Waals surface area contributed by atoms with Crippen molar-refractivity contribution in [2.75, 3.05) is 26.7 Å². The van der Waals surface area contributed by atoms with E-state index in [4.69, 9.17) is 6.42 Å². The van der Waals surface area contributed by atoms with E-state index in [1.807, 2.05) is 0 Å². The minimum Gasteiger partial charge on any atom is -0.313 e. The van der Waals surface area contributed by atoms with Crippen molar-refractivity contribution in [2.45, 2.75) is 31.7 Å². The topological polar surface area (TPSA) is 15.3 Å². The van der Waals surface area contributed by atoms with Gasteiger partial charge in [-0.25, -0.2) is 0 Å². The van der Waals surface area contributed by atoms with Crippen LogP contribution in [0.2, 0.25) is 0 Å². The van der Waals surface area contributed by atoms with Crippen molar-refractivity contribution in [1.82, 2.24) is 10.2 Å². The first-order chi connectivity index (χ1) is 6.33. The highest BCUT2D eigenvalue weighted by Crippen LogP contribution is 2.05. The predicted molar refractivity (Wildman–Crippen MR) is 56.6 cm³/mol. The van der Waals surface area contributed by atoms with Crippen molar-refractivity contribution in [3.8, 4) is 12.3 Å². The van der Waals surface area contributed by atoms with Crippen LogP contribution < -0.4 is 5.32 Å². The summed E-state index contributed by atoms with van der Waals surface area (Å²) in [7, 11) is 2.18. The summed E-state index contributed by atoms with van der Waals surface area (Å²) in [6, 6.07) is 0.718. The second kappa shape index (κ2) is 6.01. The molecule has 0 saturated carbocycles. The van der Waals surface area contributed by atoms with Crippen LogP contribution in [0.5, 0.6) is 0 Å². The highest BCUT2D eigenvalue weighted by Gasteiger charge is 2.17. The number of nitrogens with zero attached hydrogens (tertiary/aromatic N) is 1. The maximum atomic E-state index is 5.17. The molecule has 0 amide bonds. The quantitative estimate of drug-likeness (QED) is 0.503. The van der Waals surface area contributed by atoms with E-state index in [0.717, 1.165) is 25.4 Å². The van der Waals surface area contributed by atoms with Crippen LogP contribution in [-0.2, 0) is 0 Å². The second-order valence-electron chi connectivity index (χ2n) is 3.86. The molecule has 74 valence electrons. The molecular weight excluding hydrogens is 160 g/mol. The van der Waals surface area contributed by atoms with Crippen molar-refractivity contribution in [3.05, 3.63) is 0 Å². The third-order valence-electron chi connectivity index (χ3n) is 2.57. The third kappa shape index (κ3) is 4.31. The molecule has 0 aromatic rings. The summed E-state index contributed by atoms with van der Waals surface area (Å²) in [5.41, 5.74) is 0. The van der Waals surface area contributed by atoms with E-state index in [0.29, 0.717) is 0 Å². The minimum absolute atomic E-state index is 0.718. The fraction of sp³-hybridized carbons (Fsp3) is 0.818. The van der Waals surface area contributed by atoms with Crippen LogP contribution in [-0.4, -0.2) is 37.6 Å². The number of rotatable bonds is 5. The van der Waals surface area contributed by atoms with Gasteiger partial charge >= 0.3 is 0 Å². The highest BCUT2D eigenvalue weighted by atomic mass is 15.2. The van der Waals surface area contributed by atoms with Crippen LogP contribution in [0.3, 0.4) is 0 Å². The van der Waals surface area contributed by atoms with Gasteiger partial charge in [0.05, 0.1) is 0 Å². The normalized spacial score (nSPS) is 23.2. The molecule has 13 heavy (non-hydrogen) atoms. The molecular formula is C11H20N2. The highest BCUT2D eigenvalue weighted by molar-refractivity contribution is 4.83. The molecule has 0 spiro atoms. The molecule has 0 bridgehead atoms.